The number of methoxy groups -OCH3 is 1. The first-order valence-corrected chi connectivity index (χ1v) is 9.32. The van der Waals surface area contributed by atoms with Crippen molar-refractivity contribution in [2.45, 2.75) is 38.3 Å². The van der Waals surface area contributed by atoms with Gasteiger partial charge in [0, 0.05) is 6.04 Å². The van der Waals surface area contributed by atoms with Crippen molar-refractivity contribution in [2.75, 3.05) is 20.4 Å². The quantitative estimate of drug-likeness (QED) is 0.605. The van der Waals surface area contributed by atoms with Gasteiger partial charge in [-0.25, -0.2) is 9.78 Å². The van der Waals surface area contributed by atoms with Gasteiger partial charge in [-0.05, 0) is 33.2 Å². The Labute approximate surface area is 140 Å². The molecule has 0 saturated heterocycles. The summed E-state index contributed by atoms with van der Waals surface area (Å²) >= 11 is 0. The van der Waals surface area contributed by atoms with Crippen molar-refractivity contribution in [1.82, 2.24) is 14.9 Å². The van der Waals surface area contributed by atoms with E-state index in [0.717, 1.165) is 32.6 Å². The fourth-order valence-electron chi connectivity index (χ4n) is 2.82. The number of ether oxygens (including phenoxy) is 1. The van der Waals surface area contributed by atoms with Gasteiger partial charge in [0.2, 0.25) is 5.75 Å². The SMILES string of the molecule is CN[C@H]1CCC[C@H](C)n2c1nc(C(=O)OC)c(OS(C)(=O)=O)c2=O. The number of hydrogen-bond donors (Lipinski definition) is 1. The molecule has 2 rings (SSSR count). The number of nitrogens with one attached hydrogen (secondary N) is 1. The molecule has 0 aliphatic carbocycles. The third kappa shape index (κ3) is 3.59. The number of carbonyl (C=O) groups is 1. The van der Waals surface area contributed by atoms with Crippen LogP contribution >= 0.6 is 0 Å². The maximum atomic E-state index is 12.9. The van der Waals surface area contributed by atoms with E-state index in [2.05, 4.69) is 15.0 Å². The van der Waals surface area contributed by atoms with Crippen LogP contribution < -0.4 is 15.1 Å². The lowest BCUT2D eigenvalue weighted by molar-refractivity contribution is 0.0590. The maximum Gasteiger partial charge on any atom is 0.360 e. The van der Waals surface area contributed by atoms with Gasteiger partial charge in [-0.2, -0.15) is 8.42 Å². The van der Waals surface area contributed by atoms with Crippen LogP contribution in [-0.4, -0.2) is 44.4 Å². The average molecular weight is 359 g/mol. The molecule has 1 aliphatic rings. The summed E-state index contributed by atoms with van der Waals surface area (Å²) in [5.41, 5.74) is -1.14. The fourth-order valence-corrected chi connectivity index (χ4v) is 3.27. The Morgan fingerprint density at radius 3 is 2.58 bits per heavy atom. The number of esters is 1. The minimum atomic E-state index is -4.01. The molecule has 0 radical (unpaired) electrons. The second-order valence-electron chi connectivity index (χ2n) is 5.72. The van der Waals surface area contributed by atoms with Crippen molar-refractivity contribution in [3.05, 3.63) is 21.9 Å². The average Bonchev–Trinajstić information content (AvgIpc) is 2.66. The van der Waals surface area contributed by atoms with Crippen LogP contribution in [0.1, 0.15) is 54.6 Å². The van der Waals surface area contributed by atoms with E-state index in [9.17, 15) is 18.0 Å². The highest BCUT2D eigenvalue weighted by molar-refractivity contribution is 7.86. The molecule has 0 unspecified atom stereocenters. The number of aromatic nitrogens is 2. The fraction of sp³-hybridized carbons (Fsp3) is 0.643. The molecular weight excluding hydrogens is 338 g/mol. The summed E-state index contributed by atoms with van der Waals surface area (Å²) in [5.74, 6) is -1.19. The Bertz CT molecular complexity index is 801. The molecule has 10 heteroatoms. The molecule has 0 aromatic carbocycles. The lowest BCUT2D eigenvalue weighted by Gasteiger charge is -2.21. The third-order valence-corrected chi connectivity index (χ3v) is 4.40. The van der Waals surface area contributed by atoms with Crippen LogP contribution in [0.5, 0.6) is 5.75 Å². The van der Waals surface area contributed by atoms with Crippen molar-refractivity contribution < 1.29 is 22.1 Å². The van der Waals surface area contributed by atoms with Crippen LogP contribution in [0.3, 0.4) is 0 Å². The summed E-state index contributed by atoms with van der Waals surface area (Å²) in [5, 5.41) is 3.07. The summed E-state index contributed by atoms with van der Waals surface area (Å²) in [4.78, 5) is 29.1. The molecule has 1 aliphatic heterocycles. The predicted octanol–water partition coefficient (Wildman–Crippen LogP) is 0.374. The number of rotatable bonds is 4. The topological polar surface area (TPSA) is 117 Å². The van der Waals surface area contributed by atoms with E-state index in [1.807, 2.05) is 6.92 Å². The summed E-state index contributed by atoms with van der Waals surface area (Å²) in [6.07, 6.45) is 3.11. The Balaban J connectivity index is 2.81. The van der Waals surface area contributed by atoms with Crippen molar-refractivity contribution >= 4 is 16.1 Å². The van der Waals surface area contributed by atoms with Gasteiger partial charge in [0.15, 0.2) is 5.69 Å². The molecule has 134 valence electrons. The molecule has 0 amide bonds. The van der Waals surface area contributed by atoms with E-state index in [0.29, 0.717) is 5.82 Å². The molecule has 2 atom stereocenters. The van der Waals surface area contributed by atoms with Crippen LogP contribution in [0.25, 0.3) is 0 Å². The van der Waals surface area contributed by atoms with Crippen molar-refractivity contribution in [3.63, 3.8) is 0 Å². The van der Waals surface area contributed by atoms with Gasteiger partial charge in [-0.15, -0.1) is 0 Å². The third-order valence-electron chi connectivity index (χ3n) is 3.93. The summed E-state index contributed by atoms with van der Waals surface area (Å²) in [6.45, 7) is 1.84. The minimum Gasteiger partial charge on any atom is -0.464 e. The Kier molecular flexibility index (Phi) is 5.29. The summed E-state index contributed by atoms with van der Waals surface area (Å²) in [6, 6.07) is -0.440. The molecule has 2 heterocycles. The highest BCUT2D eigenvalue weighted by Crippen LogP contribution is 2.29. The van der Waals surface area contributed by atoms with Gasteiger partial charge < -0.3 is 14.2 Å². The zero-order valence-corrected chi connectivity index (χ0v) is 14.8. The number of carbonyl (C=O) groups excluding carboxylic acids is 1. The van der Waals surface area contributed by atoms with E-state index in [4.69, 9.17) is 4.18 Å². The Morgan fingerprint density at radius 2 is 2.04 bits per heavy atom. The molecule has 0 spiro atoms. The molecule has 0 saturated carbocycles. The molecule has 24 heavy (non-hydrogen) atoms. The van der Waals surface area contributed by atoms with E-state index < -0.39 is 33.1 Å². The molecule has 1 aromatic rings. The first-order valence-electron chi connectivity index (χ1n) is 7.51. The molecule has 9 nitrogen and oxygen atoms in total. The minimum absolute atomic E-state index is 0.202. The Morgan fingerprint density at radius 1 is 1.38 bits per heavy atom. The zero-order valence-electron chi connectivity index (χ0n) is 14.0. The van der Waals surface area contributed by atoms with E-state index >= 15 is 0 Å². The van der Waals surface area contributed by atoms with E-state index in [1.54, 1.807) is 7.05 Å². The first kappa shape index (κ1) is 18.4. The van der Waals surface area contributed by atoms with Crippen LogP contribution in [0.4, 0.5) is 0 Å². The monoisotopic (exact) mass is 359 g/mol. The molecular formula is C14H21N3O6S. The summed E-state index contributed by atoms with van der Waals surface area (Å²) < 4.78 is 33.8. The predicted molar refractivity (Wildman–Crippen MR) is 85.7 cm³/mol. The number of hydrogen-bond acceptors (Lipinski definition) is 8. The van der Waals surface area contributed by atoms with Gasteiger partial charge in [0.1, 0.15) is 5.82 Å². The van der Waals surface area contributed by atoms with Gasteiger partial charge >= 0.3 is 16.1 Å². The lowest BCUT2D eigenvalue weighted by atomic mass is 10.1. The van der Waals surface area contributed by atoms with Crippen LogP contribution in [0, 0.1) is 0 Å². The van der Waals surface area contributed by atoms with Gasteiger partial charge in [-0.3, -0.25) is 9.36 Å². The van der Waals surface area contributed by atoms with E-state index in [1.165, 1.54) is 4.57 Å². The summed E-state index contributed by atoms with van der Waals surface area (Å²) in [7, 11) is -1.16. The van der Waals surface area contributed by atoms with Gasteiger partial charge in [0.05, 0.1) is 19.4 Å². The van der Waals surface area contributed by atoms with Gasteiger partial charge in [0.25, 0.3) is 5.56 Å². The molecule has 0 bridgehead atoms. The smallest absolute Gasteiger partial charge is 0.360 e. The van der Waals surface area contributed by atoms with Crippen molar-refractivity contribution in [3.8, 4) is 5.75 Å². The molecule has 1 N–H and O–H groups in total. The molecule has 1 aromatic heterocycles. The second-order valence-corrected chi connectivity index (χ2v) is 7.30. The second kappa shape index (κ2) is 6.89. The zero-order chi connectivity index (χ0) is 18.1. The highest BCUT2D eigenvalue weighted by atomic mass is 32.2. The lowest BCUT2D eigenvalue weighted by Crippen LogP contribution is -2.34. The van der Waals surface area contributed by atoms with E-state index in [-0.39, 0.29) is 12.1 Å². The van der Waals surface area contributed by atoms with Crippen molar-refractivity contribution in [2.24, 2.45) is 0 Å². The Hall–Kier alpha value is -1.94. The largest absolute Gasteiger partial charge is 0.464 e. The normalized spacial score (nSPS) is 20.8. The first-order chi connectivity index (χ1) is 11.2. The van der Waals surface area contributed by atoms with Crippen molar-refractivity contribution in [1.29, 1.82) is 0 Å². The molecule has 0 fully saturated rings. The van der Waals surface area contributed by atoms with Crippen LogP contribution in [0.15, 0.2) is 4.79 Å². The number of nitrogens with zero attached hydrogens (tertiary/aromatic N) is 2. The van der Waals surface area contributed by atoms with Crippen LogP contribution in [-0.2, 0) is 14.9 Å². The maximum absolute atomic E-state index is 12.9. The highest BCUT2D eigenvalue weighted by Gasteiger charge is 2.31. The standard InChI is InChI=1S/C14H21N3O6S/c1-8-6-5-7-9(15-2)12-16-10(14(19)22-3)11(13(18)17(8)12)23-24(4,20)21/h8-9,15H,5-7H2,1-4H3/t8-,9-/m0/s1. The number of fused-ring (bicyclic) bond motifs is 1. The van der Waals surface area contributed by atoms with Gasteiger partial charge in [-0.1, -0.05) is 0 Å². The van der Waals surface area contributed by atoms with Crippen LogP contribution in [0.2, 0.25) is 0 Å².